The highest BCUT2D eigenvalue weighted by Crippen LogP contribution is 2.38. The van der Waals surface area contributed by atoms with Crippen molar-refractivity contribution >= 4 is 44.8 Å². The van der Waals surface area contributed by atoms with Gasteiger partial charge in [-0.1, -0.05) is 44.0 Å². The number of amides is 1. The molecule has 5 nitrogen and oxygen atoms in total. The van der Waals surface area contributed by atoms with Crippen LogP contribution in [0.25, 0.3) is 0 Å². The van der Waals surface area contributed by atoms with Crippen molar-refractivity contribution in [3.05, 3.63) is 58.3 Å². The fourth-order valence-electron chi connectivity index (χ4n) is 4.45. The molecule has 2 aromatic carbocycles. The van der Waals surface area contributed by atoms with Gasteiger partial charge in [0.25, 0.3) is 10.0 Å². The summed E-state index contributed by atoms with van der Waals surface area (Å²) < 4.78 is 42.8. The summed E-state index contributed by atoms with van der Waals surface area (Å²) in [6.07, 6.45) is 3.60. The van der Waals surface area contributed by atoms with Crippen molar-refractivity contribution in [2.75, 3.05) is 4.31 Å². The molecule has 0 aliphatic heterocycles. The minimum Gasteiger partial charge on any atom is -0.352 e. The lowest BCUT2D eigenvalue weighted by molar-refractivity contribution is -0.122. The maximum atomic E-state index is 14.8. The van der Waals surface area contributed by atoms with Gasteiger partial charge < -0.3 is 5.32 Å². The number of anilines is 1. The lowest BCUT2D eigenvalue weighted by Gasteiger charge is -2.38. The van der Waals surface area contributed by atoms with Crippen LogP contribution < -0.4 is 9.62 Å². The number of hydrogen-bond acceptors (Lipinski definition) is 3. The van der Waals surface area contributed by atoms with Crippen LogP contribution in [0, 0.1) is 17.2 Å². The first-order chi connectivity index (χ1) is 15.8. The first-order valence-corrected chi connectivity index (χ1v) is 13.6. The molecule has 186 valence electrons. The lowest BCUT2D eigenvalue weighted by atomic mass is 9.71. The number of carbonyl (C=O) groups excluding carboxylic acids is 1. The zero-order chi connectivity index (χ0) is 25.3. The Kier molecular flexibility index (Phi) is 8.21. The zero-order valence-corrected chi connectivity index (χ0v) is 22.1. The number of halogens is 3. The van der Waals surface area contributed by atoms with Crippen molar-refractivity contribution in [3.8, 4) is 0 Å². The van der Waals surface area contributed by atoms with E-state index in [1.807, 2.05) is 0 Å². The second kappa shape index (κ2) is 10.4. The third-order valence-electron chi connectivity index (χ3n) is 6.55. The summed E-state index contributed by atoms with van der Waals surface area (Å²) in [7, 11) is -4.31. The van der Waals surface area contributed by atoms with Crippen LogP contribution in [0.1, 0.15) is 53.4 Å². The van der Waals surface area contributed by atoms with Gasteiger partial charge in [0.15, 0.2) is 0 Å². The van der Waals surface area contributed by atoms with E-state index in [0.29, 0.717) is 10.9 Å². The molecule has 0 spiro atoms. The molecular formula is C25H31Cl2FN2O3S. The molecule has 1 N–H and O–H groups in total. The highest BCUT2D eigenvalue weighted by atomic mass is 35.5. The summed E-state index contributed by atoms with van der Waals surface area (Å²) in [4.78, 5) is 13.1. The summed E-state index contributed by atoms with van der Waals surface area (Å²) in [6, 6.07) is 7.86. The number of benzene rings is 2. The van der Waals surface area contributed by atoms with Gasteiger partial charge in [0.2, 0.25) is 5.91 Å². The molecule has 9 heteroatoms. The van der Waals surface area contributed by atoms with E-state index < -0.39 is 27.8 Å². The van der Waals surface area contributed by atoms with Crippen molar-refractivity contribution in [1.29, 1.82) is 0 Å². The van der Waals surface area contributed by atoms with Crippen molar-refractivity contribution in [3.63, 3.8) is 0 Å². The van der Waals surface area contributed by atoms with Gasteiger partial charge in [0, 0.05) is 16.1 Å². The molecule has 1 aliphatic rings. The SMILES string of the molecule is CC(C(=O)NC1CCC(C(C)(C)C)CC1)N(c1cc(Cl)ccc1F)S(=O)(=O)c1ccc(Cl)cc1. The second-order valence-electron chi connectivity index (χ2n) is 9.95. The fraction of sp³-hybridized carbons (Fsp3) is 0.480. The van der Waals surface area contributed by atoms with Crippen molar-refractivity contribution in [2.24, 2.45) is 11.3 Å². The van der Waals surface area contributed by atoms with Gasteiger partial charge in [-0.05, 0) is 86.4 Å². The number of hydrogen-bond donors (Lipinski definition) is 1. The Morgan fingerprint density at radius 3 is 2.15 bits per heavy atom. The molecule has 0 heterocycles. The Morgan fingerprint density at radius 2 is 1.59 bits per heavy atom. The van der Waals surface area contributed by atoms with Gasteiger partial charge in [0.1, 0.15) is 11.9 Å². The predicted molar refractivity (Wildman–Crippen MR) is 135 cm³/mol. The van der Waals surface area contributed by atoms with Crippen LogP contribution in [-0.2, 0) is 14.8 Å². The van der Waals surface area contributed by atoms with Crippen LogP contribution in [0.2, 0.25) is 10.0 Å². The van der Waals surface area contributed by atoms with E-state index in [4.69, 9.17) is 23.2 Å². The Bertz CT molecular complexity index is 1130. The molecule has 0 saturated heterocycles. The normalized spacial score (nSPS) is 20.0. The number of sulfonamides is 1. The molecular weight excluding hydrogens is 498 g/mol. The molecule has 34 heavy (non-hydrogen) atoms. The summed E-state index contributed by atoms with van der Waals surface area (Å²) in [5.41, 5.74) is -0.0860. The molecule has 2 aromatic rings. The second-order valence-corrected chi connectivity index (χ2v) is 12.6. The molecule has 0 bridgehead atoms. The third-order valence-corrected chi connectivity index (χ3v) is 8.93. The van der Waals surface area contributed by atoms with Crippen LogP contribution in [0.3, 0.4) is 0 Å². The number of nitrogens with zero attached hydrogens (tertiary/aromatic N) is 1. The van der Waals surface area contributed by atoms with E-state index in [9.17, 15) is 17.6 Å². The summed E-state index contributed by atoms with van der Waals surface area (Å²) in [5.74, 6) is -0.719. The Hall–Kier alpha value is -1.83. The maximum Gasteiger partial charge on any atom is 0.265 e. The smallest absolute Gasteiger partial charge is 0.265 e. The van der Waals surface area contributed by atoms with Crippen LogP contribution in [0.15, 0.2) is 47.4 Å². The van der Waals surface area contributed by atoms with E-state index in [1.165, 1.54) is 43.3 Å². The van der Waals surface area contributed by atoms with Crippen molar-refractivity contribution in [1.82, 2.24) is 5.32 Å². The summed E-state index contributed by atoms with van der Waals surface area (Å²) in [5, 5.41) is 3.50. The number of rotatable bonds is 6. The van der Waals surface area contributed by atoms with E-state index in [0.717, 1.165) is 36.1 Å². The topological polar surface area (TPSA) is 66.5 Å². The van der Waals surface area contributed by atoms with Crippen molar-refractivity contribution in [2.45, 2.75) is 70.4 Å². The standard InChI is InChI=1S/C25H31Cl2FN2O3S/c1-16(24(31)29-20-10-5-17(6-11-20)25(2,3)4)30(23-15-19(27)9-14-22(23)28)34(32,33)21-12-7-18(26)8-13-21/h7-9,12-17,20H,5-6,10-11H2,1-4H3,(H,29,31). The maximum absolute atomic E-state index is 14.8. The van der Waals surface area contributed by atoms with E-state index >= 15 is 0 Å². The molecule has 1 fully saturated rings. The lowest BCUT2D eigenvalue weighted by Crippen LogP contribution is -2.51. The predicted octanol–water partition coefficient (Wildman–Crippen LogP) is 6.44. The number of nitrogens with one attached hydrogen (secondary N) is 1. The van der Waals surface area contributed by atoms with Crippen LogP contribution in [-0.4, -0.2) is 26.4 Å². The van der Waals surface area contributed by atoms with Gasteiger partial charge >= 0.3 is 0 Å². The minimum absolute atomic E-state index is 0.0576. The summed E-state index contributed by atoms with van der Waals surface area (Å²) in [6.45, 7) is 8.11. The highest BCUT2D eigenvalue weighted by Gasteiger charge is 2.37. The van der Waals surface area contributed by atoms with E-state index in [-0.39, 0.29) is 27.1 Å². The van der Waals surface area contributed by atoms with Crippen LogP contribution in [0.4, 0.5) is 10.1 Å². The van der Waals surface area contributed by atoms with Gasteiger partial charge in [-0.3, -0.25) is 9.10 Å². The molecule has 0 radical (unpaired) electrons. The van der Waals surface area contributed by atoms with Gasteiger partial charge in [-0.2, -0.15) is 0 Å². The van der Waals surface area contributed by atoms with Gasteiger partial charge in [0.05, 0.1) is 10.6 Å². The Labute approximate surface area is 211 Å². The van der Waals surface area contributed by atoms with Gasteiger partial charge in [-0.15, -0.1) is 0 Å². The Morgan fingerprint density at radius 1 is 1.03 bits per heavy atom. The van der Waals surface area contributed by atoms with E-state index in [2.05, 4.69) is 26.1 Å². The fourth-order valence-corrected chi connectivity index (χ4v) is 6.36. The average molecular weight is 530 g/mol. The quantitative estimate of drug-likeness (QED) is 0.469. The molecule has 3 rings (SSSR count). The monoisotopic (exact) mass is 528 g/mol. The van der Waals surface area contributed by atoms with Crippen LogP contribution >= 0.6 is 23.2 Å². The van der Waals surface area contributed by atoms with E-state index in [1.54, 1.807) is 0 Å². The molecule has 0 aromatic heterocycles. The molecule has 1 amide bonds. The zero-order valence-electron chi connectivity index (χ0n) is 19.8. The third kappa shape index (κ3) is 6.04. The largest absolute Gasteiger partial charge is 0.352 e. The highest BCUT2D eigenvalue weighted by molar-refractivity contribution is 7.93. The molecule has 1 unspecified atom stereocenters. The van der Waals surface area contributed by atoms with Crippen LogP contribution in [0.5, 0.6) is 0 Å². The minimum atomic E-state index is -4.31. The molecule has 1 aliphatic carbocycles. The van der Waals surface area contributed by atoms with Gasteiger partial charge in [-0.25, -0.2) is 12.8 Å². The molecule has 1 saturated carbocycles. The average Bonchev–Trinajstić information content (AvgIpc) is 2.76. The first-order valence-electron chi connectivity index (χ1n) is 11.4. The Balaban J connectivity index is 1.90. The molecule has 1 atom stereocenters. The summed E-state index contributed by atoms with van der Waals surface area (Å²) >= 11 is 12.0. The van der Waals surface area contributed by atoms with Crippen molar-refractivity contribution < 1.29 is 17.6 Å². The number of carbonyl (C=O) groups is 1. The first kappa shape index (κ1) is 26.8.